The quantitative estimate of drug-likeness (QED) is 0.343. The van der Waals surface area contributed by atoms with E-state index >= 15 is 0 Å². The van der Waals surface area contributed by atoms with Crippen LogP contribution in [0.2, 0.25) is 0 Å². The number of nitrogens with zero attached hydrogens (tertiary/aromatic N) is 1. The highest BCUT2D eigenvalue weighted by atomic mass is 16.5. The van der Waals surface area contributed by atoms with Gasteiger partial charge in [-0.3, -0.25) is 0 Å². The summed E-state index contributed by atoms with van der Waals surface area (Å²) in [7, 11) is 0. The second-order valence-electron chi connectivity index (χ2n) is 7.24. The van der Waals surface area contributed by atoms with Crippen molar-refractivity contribution in [1.82, 2.24) is 4.98 Å². The monoisotopic (exact) mass is 405 g/mol. The average molecular weight is 405 g/mol. The number of aryl methyl sites for hydroxylation is 1. The molecule has 0 aliphatic rings. The molecule has 3 aromatic carbocycles. The number of rotatable bonds is 7. The zero-order valence-electron chi connectivity index (χ0n) is 17.4. The Labute approximate surface area is 183 Å². The molecule has 1 heterocycles. The molecule has 0 N–H and O–H groups in total. The molecule has 1 aromatic heterocycles. The third-order valence-corrected chi connectivity index (χ3v) is 4.90. The van der Waals surface area contributed by atoms with Gasteiger partial charge in [-0.25, -0.2) is 0 Å². The van der Waals surface area contributed by atoms with Crippen molar-refractivity contribution in [3.8, 4) is 35.2 Å². The Morgan fingerprint density at radius 1 is 0.742 bits per heavy atom. The molecule has 0 saturated carbocycles. The van der Waals surface area contributed by atoms with Gasteiger partial charge in [0.2, 0.25) is 11.8 Å². The SMILES string of the molecule is C#Cc1ccc(C)cc1-c1ccc(OCc2ccccc2)nc1OCc1ccccc1. The van der Waals surface area contributed by atoms with Gasteiger partial charge in [0.15, 0.2) is 0 Å². The Balaban J connectivity index is 1.66. The van der Waals surface area contributed by atoms with Crippen molar-refractivity contribution < 1.29 is 9.47 Å². The molecule has 4 aromatic rings. The molecule has 0 unspecified atom stereocenters. The summed E-state index contributed by atoms with van der Waals surface area (Å²) in [4.78, 5) is 4.67. The molecule has 3 nitrogen and oxygen atoms in total. The Morgan fingerprint density at radius 3 is 2.03 bits per heavy atom. The molecule has 4 rings (SSSR count). The molecule has 0 spiro atoms. The van der Waals surface area contributed by atoms with Gasteiger partial charge in [-0.2, -0.15) is 4.98 Å². The molecule has 0 saturated heterocycles. The van der Waals surface area contributed by atoms with Crippen LogP contribution >= 0.6 is 0 Å². The highest BCUT2D eigenvalue weighted by Crippen LogP contribution is 2.34. The van der Waals surface area contributed by atoms with Crippen molar-refractivity contribution in [2.75, 3.05) is 0 Å². The van der Waals surface area contributed by atoms with Gasteiger partial charge in [-0.15, -0.1) is 6.42 Å². The maximum Gasteiger partial charge on any atom is 0.225 e. The molecule has 0 aliphatic carbocycles. The molecule has 0 aliphatic heterocycles. The van der Waals surface area contributed by atoms with Crippen molar-refractivity contribution in [1.29, 1.82) is 0 Å². The van der Waals surface area contributed by atoms with Gasteiger partial charge < -0.3 is 9.47 Å². The molecule has 0 amide bonds. The minimum atomic E-state index is 0.403. The molecule has 0 fully saturated rings. The Kier molecular flexibility index (Phi) is 6.30. The molecule has 3 heteroatoms. The van der Waals surface area contributed by atoms with Crippen LogP contribution in [0.15, 0.2) is 91.0 Å². The van der Waals surface area contributed by atoms with E-state index < -0.39 is 0 Å². The van der Waals surface area contributed by atoms with E-state index in [1.807, 2.05) is 91.9 Å². The van der Waals surface area contributed by atoms with Crippen molar-refractivity contribution in [2.24, 2.45) is 0 Å². The normalized spacial score (nSPS) is 10.3. The topological polar surface area (TPSA) is 31.4 Å². The second-order valence-corrected chi connectivity index (χ2v) is 7.24. The Bertz CT molecular complexity index is 1190. The van der Waals surface area contributed by atoms with Crippen LogP contribution in [0.3, 0.4) is 0 Å². The van der Waals surface area contributed by atoms with Gasteiger partial charge in [0, 0.05) is 22.8 Å². The summed E-state index contributed by atoms with van der Waals surface area (Å²) in [5.74, 6) is 3.77. The van der Waals surface area contributed by atoms with E-state index in [0.717, 1.165) is 33.4 Å². The summed E-state index contributed by atoms with van der Waals surface area (Å²) < 4.78 is 12.1. The minimum absolute atomic E-state index is 0.403. The Hall–Kier alpha value is -4.03. The number of pyridine rings is 1. The average Bonchev–Trinajstić information content (AvgIpc) is 2.83. The van der Waals surface area contributed by atoms with Crippen LogP contribution in [0.5, 0.6) is 11.8 Å². The maximum atomic E-state index is 6.15. The van der Waals surface area contributed by atoms with Gasteiger partial charge in [-0.1, -0.05) is 78.2 Å². The van der Waals surface area contributed by atoms with E-state index in [4.69, 9.17) is 15.9 Å². The lowest BCUT2D eigenvalue weighted by atomic mass is 9.98. The lowest BCUT2D eigenvalue weighted by molar-refractivity contribution is 0.268. The van der Waals surface area contributed by atoms with Crippen molar-refractivity contribution in [3.05, 3.63) is 113 Å². The predicted molar refractivity (Wildman–Crippen MR) is 124 cm³/mol. The summed E-state index contributed by atoms with van der Waals surface area (Å²) in [5, 5.41) is 0. The van der Waals surface area contributed by atoms with Crippen LogP contribution in [0, 0.1) is 19.3 Å². The number of terminal acetylenes is 1. The third kappa shape index (κ3) is 5.12. The number of benzene rings is 3. The fraction of sp³-hybridized carbons (Fsp3) is 0.107. The molecular weight excluding hydrogens is 382 g/mol. The van der Waals surface area contributed by atoms with Crippen molar-refractivity contribution in [3.63, 3.8) is 0 Å². The number of hydrogen-bond acceptors (Lipinski definition) is 3. The highest BCUT2D eigenvalue weighted by molar-refractivity contribution is 5.75. The van der Waals surface area contributed by atoms with Crippen molar-refractivity contribution in [2.45, 2.75) is 20.1 Å². The maximum absolute atomic E-state index is 6.15. The first-order valence-corrected chi connectivity index (χ1v) is 10.1. The van der Waals surface area contributed by atoms with E-state index in [-0.39, 0.29) is 0 Å². The zero-order chi connectivity index (χ0) is 21.5. The van der Waals surface area contributed by atoms with Crippen LogP contribution in [-0.2, 0) is 13.2 Å². The van der Waals surface area contributed by atoms with E-state index in [2.05, 4.69) is 17.0 Å². The summed E-state index contributed by atoms with van der Waals surface area (Å²) in [6, 6.07) is 29.8. The fourth-order valence-electron chi connectivity index (χ4n) is 3.28. The van der Waals surface area contributed by atoms with Gasteiger partial charge in [0.1, 0.15) is 13.2 Å². The standard InChI is InChI=1S/C28H23NO2/c1-3-24-15-14-21(2)18-26(24)25-16-17-27(30-19-22-10-6-4-7-11-22)29-28(25)31-20-23-12-8-5-9-13-23/h1,4-18H,19-20H2,2H3. The predicted octanol–water partition coefficient (Wildman–Crippen LogP) is 6.20. The first kappa shape index (κ1) is 20.3. The molecule has 31 heavy (non-hydrogen) atoms. The molecule has 152 valence electrons. The van der Waals surface area contributed by atoms with Crippen molar-refractivity contribution >= 4 is 0 Å². The van der Waals surface area contributed by atoms with E-state index in [1.54, 1.807) is 0 Å². The number of aromatic nitrogens is 1. The molecule has 0 bridgehead atoms. The summed E-state index contributed by atoms with van der Waals surface area (Å²) in [6.07, 6.45) is 5.76. The van der Waals surface area contributed by atoms with Gasteiger partial charge in [0.25, 0.3) is 0 Å². The Morgan fingerprint density at radius 2 is 1.39 bits per heavy atom. The van der Waals surface area contributed by atoms with Crippen LogP contribution < -0.4 is 9.47 Å². The van der Waals surface area contributed by atoms with Crippen LogP contribution in [0.4, 0.5) is 0 Å². The largest absolute Gasteiger partial charge is 0.473 e. The smallest absolute Gasteiger partial charge is 0.225 e. The lowest BCUT2D eigenvalue weighted by Crippen LogP contribution is -2.03. The summed E-state index contributed by atoms with van der Waals surface area (Å²) >= 11 is 0. The number of hydrogen-bond donors (Lipinski definition) is 0. The zero-order valence-corrected chi connectivity index (χ0v) is 17.4. The minimum Gasteiger partial charge on any atom is -0.473 e. The van der Waals surface area contributed by atoms with E-state index in [9.17, 15) is 0 Å². The molecule has 0 radical (unpaired) electrons. The van der Waals surface area contributed by atoms with E-state index in [0.29, 0.717) is 25.0 Å². The summed E-state index contributed by atoms with van der Waals surface area (Å²) in [5.41, 5.74) is 5.83. The van der Waals surface area contributed by atoms with Crippen LogP contribution in [0.1, 0.15) is 22.3 Å². The van der Waals surface area contributed by atoms with Crippen LogP contribution in [-0.4, -0.2) is 4.98 Å². The number of ether oxygens (including phenoxy) is 2. The van der Waals surface area contributed by atoms with Crippen LogP contribution in [0.25, 0.3) is 11.1 Å². The van der Waals surface area contributed by atoms with E-state index in [1.165, 1.54) is 0 Å². The highest BCUT2D eigenvalue weighted by Gasteiger charge is 2.14. The molecule has 0 atom stereocenters. The second kappa shape index (κ2) is 9.65. The third-order valence-electron chi connectivity index (χ3n) is 4.90. The van der Waals surface area contributed by atoms with Gasteiger partial charge in [0.05, 0.1) is 0 Å². The van der Waals surface area contributed by atoms with Gasteiger partial charge in [-0.05, 0) is 36.2 Å². The fourth-order valence-corrected chi connectivity index (χ4v) is 3.28. The summed E-state index contributed by atoms with van der Waals surface area (Å²) in [6.45, 7) is 2.88. The first-order valence-electron chi connectivity index (χ1n) is 10.1. The lowest BCUT2D eigenvalue weighted by Gasteiger charge is -2.15. The molecular formula is C28H23NO2. The first-order chi connectivity index (χ1) is 15.2. The van der Waals surface area contributed by atoms with Gasteiger partial charge >= 0.3 is 0 Å².